The molecular weight excluding hydrogens is 411 g/mol. The molecule has 2 N–H and O–H groups in total. The molecule has 32 heavy (non-hydrogen) atoms. The number of nitrogens with one attached hydrogen (secondary N) is 1. The number of hydrogen-bond acceptors (Lipinski definition) is 4. The molecule has 0 saturated carbocycles. The van der Waals surface area contributed by atoms with Crippen molar-refractivity contribution >= 4 is 28.7 Å². The standard InChI is InChI=1S/C25H23FN2O4/c26-18-3-4-19-17(14-27-21(19)12-18)15-28-9-7-25(8-10-28)13-22(29)20-11-16(2-6-24(30)31)1-5-23(20)32-25/h1-6,11-12,14,27H,7-10,13,15H2,(H,30,31). The van der Waals surface area contributed by atoms with Crippen LogP contribution in [0.3, 0.4) is 0 Å². The van der Waals surface area contributed by atoms with Crippen LogP contribution >= 0.6 is 0 Å². The fourth-order valence-corrected chi connectivity index (χ4v) is 4.71. The van der Waals surface area contributed by atoms with E-state index in [0.29, 0.717) is 23.3 Å². The van der Waals surface area contributed by atoms with Crippen molar-refractivity contribution in [3.63, 3.8) is 0 Å². The van der Waals surface area contributed by atoms with Crippen LogP contribution < -0.4 is 4.74 Å². The number of aromatic nitrogens is 1. The van der Waals surface area contributed by atoms with Gasteiger partial charge in [0, 0.05) is 55.7 Å². The molecule has 0 amide bonds. The van der Waals surface area contributed by atoms with E-state index in [1.165, 1.54) is 18.2 Å². The Morgan fingerprint density at radius 1 is 1.22 bits per heavy atom. The predicted octanol–water partition coefficient (Wildman–Crippen LogP) is 4.40. The number of likely N-dealkylation sites (tertiary alicyclic amines) is 1. The van der Waals surface area contributed by atoms with Gasteiger partial charge in [0.25, 0.3) is 0 Å². The number of ether oxygens (including phenoxy) is 1. The molecule has 1 spiro atoms. The summed E-state index contributed by atoms with van der Waals surface area (Å²) in [7, 11) is 0. The minimum Gasteiger partial charge on any atom is -0.486 e. The van der Waals surface area contributed by atoms with Gasteiger partial charge in [-0.2, -0.15) is 0 Å². The Hall–Kier alpha value is -3.45. The highest BCUT2D eigenvalue weighted by molar-refractivity contribution is 6.01. The van der Waals surface area contributed by atoms with E-state index in [1.807, 2.05) is 12.3 Å². The predicted molar refractivity (Wildman–Crippen MR) is 118 cm³/mol. The second kappa shape index (κ2) is 7.91. The fourth-order valence-electron chi connectivity index (χ4n) is 4.71. The summed E-state index contributed by atoms with van der Waals surface area (Å²) in [4.78, 5) is 29.1. The van der Waals surface area contributed by atoms with Gasteiger partial charge in [-0.1, -0.05) is 6.07 Å². The van der Waals surface area contributed by atoms with Gasteiger partial charge in [-0.05, 0) is 47.5 Å². The lowest BCUT2D eigenvalue weighted by Gasteiger charge is -2.44. The summed E-state index contributed by atoms with van der Waals surface area (Å²) in [6.07, 6.45) is 6.27. The summed E-state index contributed by atoms with van der Waals surface area (Å²) in [5.41, 5.74) is 2.60. The Morgan fingerprint density at radius 2 is 2.03 bits per heavy atom. The molecule has 1 fully saturated rings. The zero-order valence-electron chi connectivity index (χ0n) is 17.4. The molecule has 2 aromatic carbocycles. The number of rotatable bonds is 4. The third kappa shape index (κ3) is 3.91. The summed E-state index contributed by atoms with van der Waals surface area (Å²) < 4.78 is 19.8. The first-order valence-corrected chi connectivity index (χ1v) is 10.7. The van der Waals surface area contributed by atoms with Crippen molar-refractivity contribution in [2.75, 3.05) is 13.1 Å². The van der Waals surface area contributed by atoms with E-state index in [-0.39, 0.29) is 11.6 Å². The third-order valence-electron chi connectivity index (χ3n) is 6.42. The number of carbonyl (C=O) groups is 2. The minimum atomic E-state index is -1.03. The highest BCUT2D eigenvalue weighted by Gasteiger charge is 2.42. The van der Waals surface area contributed by atoms with Gasteiger partial charge in [0.1, 0.15) is 17.2 Å². The second-order valence-electron chi connectivity index (χ2n) is 8.59. The summed E-state index contributed by atoms with van der Waals surface area (Å²) in [5.74, 6) is -0.684. The number of piperidine rings is 1. The molecule has 5 rings (SSSR count). The number of halogens is 1. The maximum absolute atomic E-state index is 13.4. The van der Waals surface area contributed by atoms with Crippen molar-refractivity contribution in [1.82, 2.24) is 9.88 Å². The van der Waals surface area contributed by atoms with E-state index in [0.717, 1.165) is 55.0 Å². The van der Waals surface area contributed by atoms with Crippen LogP contribution in [0, 0.1) is 5.82 Å². The lowest BCUT2D eigenvalue weighted by molar-refractivity contribution is -0.131. The van der Waals surface area contributed by atoms with Crippen LogP contribution in [0.25, 0.3) is 17.0 Å². The summed E-state index contributed by atoms with van der Waals surface area (Å²) in [6.45, 7) is 2.36. The van der Waals surface area contributed by atoms with Gasteiger partial charge in [0.15, 0.2) is 5.78 Å². The number of Topliss-reactive ketones (excluding diaryl/α,β-unsaturated/α-hetero) is 1. The molecule has 0 unspecified atom stereocenters. The Labute approximate surface area is 184 Å². The SMILES string of the molecule is O=C(O)C=Cc1ccc2c(c1)C(=O)CC1(CCN(Cc3c[nH]c4cc(F)ccc34)CC1)O2. The molecule has 7 heteroatoms. The van der Waals surface area contributed by atoms with Crippen LogP contribution in [0.15, 0.2) is 48.7 Å². The van der Waals surface area contributed by atoms with Crippen molar-refractivity contribution in [2.24, 2.45) is 0 Å². The maximum Gasteiger partial charge on any atom is 0.328 e. The van der Waals surface area contributed by atoms with Crippen LogP contribution in [-0.2, 0) is 11.3 Å². The van der Waals surface area contributed by atoms with E-state index in [9.17, 15) is 14.0 Å². The molecule has 164 valence electrons. The number of carboxylic acid groups (broad SMARTS) is 1. The molecule has 1 saturated heterocycles. The number of aliphatic carboxylic acids is 1. The summed E-state index contributed by atoms with van der Waals surface area (Å²) >= 11 is 0. The maximum atomic E-state index is 13.4. The number of carboxylic acids is 1. The second-order valence-corrected chi connectivity index (χ2v) is 8.59. The van der Waals surface area contributed by atoms with E-state index in [1.54, 1.807) is 18.2 Å². The Balaban J connectivity index is 1.27. The van der Waals surface area contributed by atoms with Gasteiger partial charge >= 0.3 is 5.97 Å². The first-order chi connectivity index (χ1) is 15.4. The van der Waals surface area contributed by atoms with E-state index in [2.05, 4.69) is 9.88 Å². The van der Waals surface area contributed by atoms with Crippen molar-refractivity contribution in [3.05, 3.63) is 71.2 Å². The summed E-state index contributed by atoms with van der Waals surface area (Å²) in [5, 5.41) is 9.82. The van der Waals surface area contributed by atoms with Gasteiger partial charge in [-0.3, -0.25) is 9.69 Å². The monoisotopic (exact) mass is 434 g/mol. The molecule has 0 aliphatic carbocycles. The fraction of sp³-hybridized carbons (Fsp3) is 0.280. The number of hydrogen-bond donors (Lipinski definition) is 2. The van der Waals surface area contributed by atoms with Crippen molar-refractivity contribution in [3.8, 4) is 5.75 Å². The van der Waals surface area contributed by atoms with Crippen LogP contribution in [0.4, 0.5) is 4.39 Å². The molecule has 0 bridgehead atoms. The molecule has 3 heterocycles. The highest BCUT2D eigenvalue weighted by Crippen LogP contribution is 2.40. The van der Waals surface area contributed by atoms with Crippen molar-refractivity contribution in [1.29, 1.82) is 0 Å². The van der Waals surface area contributed by atoms with E-state index in [4.69, 9.17) is 9.84 Å². The number of nitrogens with zero attached hydrogens (tertiary/aromatic N) is 1. The molecule has 0 atom stereocenters. The quantitative estimate of drug-likeness (QED) is 0.595. The molecule has 1 aromatic heterocycles. The van der Waals surface area contributed by atoms with Crippen LogP contribution in [0.2, 0.25) is 0 Å². The van der Waals surface area contributed by atoms with Gasteiger partial charge in [0.2, 0.25) is 0 Å². The third-order valence-corrected chi connectivity index (χ3v) is 6.42. The molecule has 0 radical (unpaired) electrons. The average Bonchev–Trinajstić information content (AvgIpc) is 3.16. The minimum absolute atomic E-state index is 0.0314. The molecule has 6 nitrogen and oxygen atoms in total. The zero-order chi connectivity index (χ0) is 22.3. The number of aromatic amines is 1. The normalized spacial score (nSPS) is 18.2. The smallest absolute Gasteiger partial charge is 0.328 e. The van der Waals surface area contributed by atoms with Gasteiger partial charge in [-0.15, -0.1) is 0 Å². The number of benzene rings is 2. The van der Waals surface area contributed by atoms with Gasteiger partial charge < -0.3 is 14.8 Å². The van der Waals surface area contributed by atoms with Crippen LogP contribution in [-0.4, -0.2) is 45.4 Å². The first-order valence-electron chi connectivity index (χ1n) is 10.7. The van der Waals surface area contributed by atoms with Crippen LogP contribution in [0.5, 0.6) is 5.75 Å². The van der Waals surface area contributed by atoms with Gasteiger partial charge in [-0.25, -0.2) is 9.18 Å². The Morgan fingerprint density at radius 3 is 2.81 bits per heavy atom. The number of fused-ring (bicyclic) bond motifs is 2. The average molecular weight is 434 g/mol. The largest absolute Gasteiger partial charge is 0.486 e. The molecule has 3 aromatic rings. The lowest BCUT2D eigenvalue weighted by Crippen LogP contribution is -2.50. The highest BCUT2D eigenvalue weighted by atomic mass is 19.1. The van der Waals surface area contributed by atoms with Crippen LogP contribution in [0.1, 0.15) is 40.7 Å². The zero-order valence-corrected chi connectivity index (χ0v) is 17.4. The van der Waals surface area contributed by atoms with E-state index >= 15 is 0 Å². The summed E-state index contributed by atoms with van der Waals surface area (Å²) in [6, 6.07) is 10.0. The molecular formula is C25H23FN2O4. The van der Waals surface area contributed by atoms with Gasteiger partial charge in [0.05, 0.1) is 12.0 Å². The number of ketones is 1. The number of carbonyl (C=O) groups excluding carboxylic acids is 1. The topological polar surface area (TPSA) is 82.6 Å². The Bertz CT molecular complexity index is 1240. The number of H-pyrrole nitrogens is 1. The molecule has 2 aliphatic heterocycles. The van der Waals surface area contributed by atoms with Crippen molar-refractivity contribution in [2.45, 2.75) is 31.4 Å². The Kier molecular flexibility index (Phi) is 5.06. The van der Waals surface area contributed by atoms with E-state index < -0.39 is 11.6 Å². The molecule has 2 aliphatic rings. The lowest BCUT2D eigenvalue weighted by atomic mass is 9.82. The van der Waals surface area contributed by atoms with Crippen molar-refractivity contribution < 1.29 is 23.8 Å². The first kappa shape index (κ1) is 20.5.